The Morgan fingerprint density at radius 3 is 2.45 bits per heavy atom. The largest absolute Gasteiger partial charge is 0.343 e. The molecule has 0 saturated carbocycles. The fraction of sp³-hybridized carbons (Fsp3) is 0.500. The summed E-state index contributed by atoms with van der Waals surface area (Å²) >= 11 is 0. The van der Waals surface area contributed by atoms with Crippen LogP contribution < -0.4 is 5.32 Å². The van der Waals surface area contributed by atoms with Crippen LogP contribution in [0.1, 0.15) is 32.3 Å². The summed E-state index contributed by atoms with van der Waals surface area (Å²) in [5.41, 5.74) is 1.08. The van der Waals surface area contributed by atoms with E-state index in [1.165, 1.54) is 0 Å². The van der Waals surface area contributed by atoms with E-state index in [0.717, 1.165) is 12.0 Å². The maximum atomic E-state index is 12.4. The van der Waals surface area contributed by atoms with Gasteiger partial charge in [0.25, 0.3) is 0 Å². The van der Waals surface area contributed by atoms with Gasteiger partial charge in [0.2, 0.25) is 11.8 Å². The molecule has 4 nitrogen and oxygen atoms in total. The molecule has 1 aromatic rings. The van der Waals surface area contributed by atoms with Crippen LogP contribution in [0, 0.1) is 0 Å². The Balaban J connectivity index is 2.19. The monoisotopic (exact) mass is 274 g/mol. The minimum Gasteiger partial charge on any atom is -0.343 e. The average molecular weight is 274 g/mol. The van der Waals surface area contributed by atoms with E-state index in [0.29, 0.717) is 19.4 Å². The van der Waals surface area contributed by atoms with Gasteiger partial charge in [0.05, 0.1) is 0 Å². The van der Waals surface area contributed by atoms with E-state index in [2.05, 4.69) is 5.32 Å². The van der Waals surface area contributed by atoms with Crippen LogP contribution in [-0.4, -0.2) is 35.3 Å². The van der Waals surface area contributed by atoms with E-state index in [4.69, 9.17) is 0 Å². The molecule has 1 saturated heterocycles. The predicted octanol–water partition coefficient (Wildman–Crippen LogP) is 1.74. The molecular weight excluding hydrogens is 252 g/mol. The smallest absolute Gasteiger partial charge is 0.245 e. The number of nitrogens with one attached hydrogen (secondary N) is 1. The molecule has 0 aromatic heterocycles. The van der Waals surface area contributed by atoms with Crippen LogP contribution in [0.2, 0.25) is 0 Å². The molecule has 0 spiro atoms. The SMILES string of the molecule is CCCN1C(=O)C(CC)NC(=O)C1Cc1ccccc1. The van der Waals surface area contributed by atoms with Crippen LogP contribution in [0.3, 0.4) is 0 Å². The molecule has 2 unspecified atom stereocenters. The average Bonchev–Trinajstić information content (AvgIpc) is 2.47. The van der Waals surface area contributed by atoms with E-state index in [9.17, 15) is 9.59 Å². The zero-order chi connectivity index (χ0) is 14.5. The van der Waals surface area contributed by atoms with Gasteiger partial charge < -0.3 is 10.2 Å². The van der Waals surface area contributed by atoms with E-state index in [-0.39, 0.29) is 23.9 Å². The summed E-state index contributed by atoms with van der Waals surface area (Å²) in [5.74, 6) is 0.0173. The first-order valence-corrected chi connectivity index (χ1v) is 7.32. The lowest BCUT2D eigenvalue weighted by Gasteiger charge is -2.38. The first-order valence-electron chi connectivity index (χ1n) is 7.32. The number of amides is 2. The number of nitrogens with zero attached hydrogens (tertiary/aromatic N) is 1. The number of rotatable bonds is 5. The first kappa shape index (κ1) is 14.6. The minimum atomic E-state index is -0.382. The maximum absolute atomic E-state index is 12.4. The van der Waals surface area contributed by atoms with Crippen LogP contribution in [0.4, 0.5) is 0 Å². The molecule has 1 N–H and O–H groups in total. The van der Waals surface area contributed by atoms with E-state index >= 15 is 0 Å². The van der Waals surface area contributed by atoms with Crippen molar-refractivity contribution in [2.45, 2.75) is 45.2 Å². The lowest BCUT2D eigenvalue weighted by atomic mass is 9.98. The van der Waals surface area contributed by atoms with Crippen molar-refractivity contribution < 1.29 is 9.59 Å². The van der Waals surface area contributed by atoms with Gasteiger partial charge in [0, 0.05) is 13.0 Å². The molecule has 1 aromatic carbocycles. The summed E-state index contributed by atoms with van der Waals surface area (Å²) in [6, 6.07) is 9.11. The minimum absolute atomic E-state index is 0.0336. The molecule has 2 rings (SSSR count). The summed E-state index contributed by atoms with van der Waals surface area (Å²) in [6.07, 6.45) is 2.08. The van der Waals surface area contributed by atoms with Crippen LogP contribution in [-0.2, 0) is 16.0 Å². The molecule has 2 amide bonds. The Bertz CT molecular complexity index is 473. The highest BCUT2D eigenvalue weighted by molar-refractivity contribution is 5.97. The zero-order valence-electron chi connectivity index (χ0n) is 12.1. The first-order chi connectivity index (χ1) is 9.67. The molecule has 108 valence electrons. The second-order valence-corrected chi connectivity index (χ2v) is 5.21. The third-order valence-corrected chi connectivity index (χ3v) is 3.72. The van der Waals surface area contributed by atoms with Gasteiger partial charge in [-0.15, -0.1) is 0 Å². The molecule has 20 heavy (non-hydrogen) atoms. The summed E-state index contributed by atoms with van der Waals surface area (Å²) in [4.78, 5) is 26.4. The summed E-state index contributed by atoms with van der Waals surface area (Å²) < 4.78 is 0. The number of hydrogen-bond donors (Lipinski definition) is 1. The highest BCUT2D eigenvalue weighted by Crippen LogP contribution is 2.17. The van der Waals surface area contributed by atoms with E-state index < -0.39 is 0 Å². The number of carbonyl (C=O) groups is 2. The summed E-state index contributed by atoms with van der Waals surface area (Å²) in [7, 11) is 0. The molecule has 0 bridgehead atoms. The number of benzene rings is 1. The van der Waals surface area contributed by atoms with Crippen molar-refractivity contribution in [3.05, 3.63) is 35.9 Å². The molecule has 1 fully saturated rings. The van der Waals surface area contributed by atoms with Crippen LogP contribution in [0.5, 0.6) is 0 Å². The lowest BCUT2D eigenvalue weighted by Crippen LogP contribution is -2.63. The van der Waals surface area contributed by atoms with Crippen molar-refractivity contribution in [3.8, 4) is 0 Å². The predicted molar refractivity (Wildman–Crippen MR) is 78.2 cm³/mol. The van der Waals surface area contributed by atoms with Crippen molar-refractivity contribution in [1.29, 1.82) is 0 Å². The molecular formula is C16H22N2O2. The Morgan fingerprint density at radius 2 is 1.85 bits per heavy atom. The molecule has 1 aliphatic heterocycles. The highest BCUT2D eigenvalue weighted by atomic mass is 16.2. The molecule has 0 radical (unpaired) electrons. The van der Waals surface area contributed by atoms with Gasteiger partial charge in [0.1, 0.15) is 12.1 Å². The quantitative estimate of drug-likeness (QED) is 0.889. The normalized spacial score (nSPS) is 22.8. The molecule has 2 atom stereocenters. The van der Waals surface area contributed by atoms with E-state index in [1.807, 2.05) is 44.2 Å². The second-order valence-electron chi connectivity index (χ2n) is 5.21. The molecule has 1 aliphatic rings. The highest BCUT2D eigenvalue weighted by Gasteiger charge is 2.38. The van der Waals surface area contributed by atoms with E-state index in [1.54, 1.807) is 4.90 Å². The number of hydrogen-bond acceptors (Lipinski definition) is 2. The van der Waals surface area contributed by atoms with Crippen LogP contribution in [0.15, 0.2) is 30.3 Å². The third kappa shape index (κ3) is 3.00. The second kappa shape index (κ2) is 6.55. The molecule has 1 heterocycles. The van der Waals surface area contributed by atoms with Crippen molar-refractivity contribution in [2.24, 2.45) is 0 Å². The lowest BCUT2D eigenvalue weighted by molar-refractivity contribution is -0.149. The van der Waals surface area contributed by atoms with Crippen molar-refractivity contribution >= 4 is 11.8 Å². The Kier molecular flexibility index (Phi) is 4.77. The molecule has 0 aliphatic carbocycles. The van der Waals surface area contributed by atoms with Crippen LogP contribution in [0.25, 0.3) is 0 Å². The van der Waals surface area contributed by atoms with Gasteiger partial charge >= 0.3 is 0 Å². The van der Waals surface area contributed by atoms with Crippen molar-refractivity contribution in [3.63, 3.8) is 0 Å². The maximum Gasteiger partial charge on any atom is 0.245 e. The van der Waals surface area contributed by atoms with Gasteiger partial charge in [0.15, 0.2) is 0 Å². The zero-order valence-corrected chi connectivity index (χ0v) is 12.1. The summed E-state index contributed by atoms with van der Waals surface area (Å²) in [5, 5.41) is 2.84. The van der Waals surface area contributed by atoms with Crippen molar-refractivity contribution in [2.75, 3.05) is 6.54 Å². The standard InChI is InChI=1S/C16H22N2O2/c1-3-10-18-14(11-12-8-6-5-7-9-12)15(19)17-13(4-2)16(18)20/h5-9,13-14H,3-4,10-11H2,1-2H3,(H,17,19). The van der Waals surface area contributed by atoms with Crippen molar-refractivity contribution in [1.82, 2.24) is 10.2 Å². The van der Waals surface area contributed by atoms with Gasteiger partial charge in [-0.2, -0.15) is 0 Å². The fourth-order valence-electron chi connectivity index (χ4n) is 2.65. The topological polar surface area (TPSA) is 49.4 Å². The number of carbonyl (C=O) groups excluding carboxylic acids is 2. The Hall–Kier alpha value is -1.84. The number of piperazine rings is 1. The third-order valence-electron chi connectivity index (χ3n) is 3.72. The summed E-state index contributed by atoms with van der Waals surface area (Å²) in [6.45, 7) is 4.59. The fourth-order valence-corrected chi connectivity index (χ4v) is 2.65. The van der Waals surface area contributed by atoms with Gasteiger partial charge in [-0.05, 0) is 18.4 Å². The van der Waals surface area contributed by atoms with Gasteiger partial charge in [-0.3, -0.25) is 9.59 Å². The Morgan fingerprint density at radius 1 is 1.15 bits per heavy atom. The van der Waals surface area contributed by atoms with Gasteiger partial charge in [-0.1, -0.05) is 44.2 Å². The van der Waals surface area contributed by atoms with Gasteiger partial charge in [-0.25, -0.2) is 0 Å². The Labute approximate surface area is 120 Å². The van der Waals surface area contributed by atoms with Crippen LogP contribution >= 0.6 is 0 Å². The molecule has 4 heteroatoms.